The molecule has 0 radical (unpaired) electrons. The van der Waals surface area contributed by atoms with Crippen molar-refractivity contribution in [3.63, 3.8) is 0 Å². The fourth-order valence-electron chi connectivity index (χ4n) is 9.06. The van der Waals surface area contributed by atoms with E-state index in [4.69, 9.17) is 9.47 Å². The van der Waals surface area contributed by atoms with E-state index in [1.165, 1.54) is 0 Å². The Morgan fingerprint density at radius 1 is 0.410 bits per heavy atom. The maximum atomic E-state index is 10.1. The first kappa shape index (κ1) is 40.6. The zero-order valence-electron chi connectivity index (χ0n) is 33.5. The van der Waals surface area contributed by atoms with Crippen molar-refractivity contribution in [3.8, 4) is 44.9 Å². The monoisotopic (exact) mass is 926 g/mol. The van der Waals surface area contributed by atoms with Crippen molar-refractivity contribution >= 4 is 31.9 Å². The summed E-state index contributed by atoms with van der Waals surface area (Å²) in [6.07, 6.45) is 1.23. The van der Waals surface area contributed by atoms with E-state index in [-0.39, 0.29) is 26.4 Å². The quantitative estimate of drug-likeness (QED) is 0.114. The van der Waals surface area contributed by atoms with E-state index in [0.717, 1.165) is 98.3 Å². The van der Waals surface area contributed by atoms with Gasteiger partial charge in [0, 0.05) is 32.9 Å². The van der Waals surface area contributed by atoms with Gasteiger partial charge in [-0.15, -0.1) is 0 Å². The van der Waals surface area contributed by atoms with Gasteiger partial charge in [0.05, 0.1) is 18.6 Å². The highest BCUT2D eigenvalue weighted by Crippen LogP contribution is 2.59. The van der Waals surface area contributed by atoms with E-state index >= 15 is 0 Å². The lowest BCUT2D eigenvalue weighted by Gasteiger charge is -2.36. The standard InChI is InChI=1S/C55H44Br2O4/c56-45-21-23-47-48-24-22-46(57)36-52(48)55(51(47)35-45,43-31-41(29-37-13-5-1-6-14-37)53(60-27-25-58)49(33-43)39-17-9-3-10-18-39)44-32-42(30-38-15-7-2-8-16-38)54(61-28-26-59)50(34-44)40-19-11-4-12-20-40/h1-24,31-36,58-59H,25-30H2. The zero-order chi connectivity index (χ0) is 41.8. The lowest BCUT2D eigenvalue weighted by Crippen LogP contribution is -2.30. The number of rotatable bonds is 14. The number of aliphatic hydroxyl groups excluding tert-OH is 2. The third-order valence-electron chi connectivity index (χ3n) is 11.6. The topological polar surface area (TPSA) is 58.9 Å². The molecule has 0 aromatic heterocycles. The molecule has 0 saturated heterocycles. The lowest BCUT2D eigenvalue weighted by atomic mass is 9.66. The third kappa shape index (κ3) is 7.97. The van der Waals surface area contributed by atoms with Gasteiger partial charge in [-0.1, -0.05) is 177 Å². The van der Waals surface area contributed by atoms with Crippen molar-refractivity contribution in [2.75, 3.05) is 26.4 Å². The smallest absolute Gasteiger partial charge is 0.130 e. The highest BCUT2D eigenvalue weighted by Gasteiger charge is 2.48. The molecule has 302 valence electrons. The number of hydrogen-bond donors (Lipinski definition) is 2. The van der Waals surface area contributed by atoms with E-state index in [0.29, 0.717) is 12.8 Å². The molecular weight excluding hydrogens is 884 g/mol. The van der Waals surface area contributed by atoms with Crippen LogP contribution in [0.25, 0.3) is 33.4 Å². The molecule has 61 heavy (non-hydrogen) atoms. The van der Waals surface area contributed by atoms with Crippen molar-refractivity contribution in [3.05, 3.63) is 235 Å². The fraction of sp³-hybridized carbons (Fsp3) is 0.127. The first-order valence-electron chi connectivity index (χ1n) is 20.6. The number of ether oxygens (including phenoxy) is 2. The van der Waals surface area contributed by atoms with Crippen molar-refractivity contribution in [2.45, 2.75) is 18.3 Å². The molecule has 6 heteroatoms. The first-order chi connectivity index (χ1) is 30.0. The molecule has 0 heterocycles. The third-order valence-corrected chi connectivity index (χ3v) is 12.6. The molecule has 0 atom stereocenters. The molecule has 0 bridgehead atoms. The van der Waals surface area contributed by atoms with Crippen LogP contribution >= 0.6 is 31.9 Å². The zero-order valence-corrected chi connectivity index (χ0v) is 36.7. The summed E-state index contributed by atoms with van der Waals surface area (Å²) < 4.78 is 15.1. The van der Waals surface area contributed by atoms with Gasteiger partial charge in [0.2, 0.25) is 0 Å². The SMILES string of the molecule is OCCOc1c(Cc2ccccc2)cc(C2(c3cc(Cc4ccccc4)c(OCCO)c(-c4ccccc4)c3)c3cc(Br)ccc3-c3ccc(Br)cc32)cc1-c1ccccc1. The molecule has 0 spiro atoms. The Balaban J connectivity index is 1.45. The largest absolute Gasteiger partial charge is 0.490 e. The minimum absolute atomic E-state index is 0.106. The van der Waals surface area contributed by atoms with Gasteiger partial charge in [0.1, 0.15) is 24.7 Å². The van der Waals surface area contributed by atoms with Gasteiger partial charge in [0.25, 0.3) is 0 Å². The highest BCUT2D eigenvalue weighted by molar-refractivity contribution is 9.10. The Hall–Kier alpha value is -5.76. The van der Waals surface area contributed by atoms with Crippen LogP contribution in [0.1, 0.15) is 44.5 Å². The molecule has 0 unspecified atom stereocenters. The Kier molecular flexibility index (Phi) is 12.0. The highest BCUT2D eigenvalue weighted by atomic mass is 79.9. The van der Waals surface area contributed by atoms with Crippen LogP contribution < -0.4 is 9.47 Å². The predicted octanol–water partition coefficient (Wildman–Crippen LogP) is 12.8. The Bertz CT molecular complexity index is 2600. The van der Waals surface area contributed by atoms with Crippen LogP contribution in [0.3, 0.4) is 0 Å². The lowest BCUT2D eigenvalue weighted by molar-refractivity contribution is 0.201. The number of hydrogen-bond acceptors (Lipinski definition) is 4. The van der Waals surface area contributed by atoms with Crippen molar-refractivity contribution in [2.24, 2.45) is 0 Å². The molecule has 8 aromatic rings. The summed E-state index contributed by atoms with van der Waals surface area (Å²) in [6.45, 7) is 0.113. The van der Waals surface area contributed by atoms with Crippen LogP contribution in [0.4, 0.5) is 0 Å². The van der Waals surface area contributed by atoms with Gasteiger partial charge in [-0.2, -0.15) is 0 Å². The molecule has 0 fully saturated rings. The van der Waals surface area contributed by atoms with Crippen LogP contribution in [0, 0.1) is 0 Å². The van der Waals surface area contributed by atoms with Crippen LogP contribution in [0.15, 0.2) is 191 Å². The van der Waals surface area contributed by atoms with Gasteiger partial charge in [0.15, 0.2) is 0 Å². The molecule has 4 nitrogen and oxygen atoms in total. The molecule has 1 aliphatic rings. The van der Waals surface area contributed by atoms with Crippen LogP contribution in [0.5, 0.6) is 11.5 Å². The Morgan fingerprint density at radius 2 is 0.787 bits per heavy atom. The summed E-state index contributed by atoms with van der Waals surface area (Å²) in [6, 6.07) is 64.4. The van der Waals surface area contributed by atoms with Gasteiger partial charge >= 0.3 is 0 Å². The van der Waals surface area contributed by atoms with Gasteiger partial charge in [-0.25, -0.2) is 0 Å². The summed E-state index contributed by atoms with van der Waals surface area (Å²) in [7, 11) is 0. The number of benzene rings is 8. The summed E-state index contributed by atoms with van der Waals surface area (Å²) in [4.78, 5) is 0. The maximum Gasteiger partial charge on any atom is 0.130 e. The van der Waals surface area contributed by atoms with E-state index in [2.05, 4.69) is 190 Å². The van der Waals surface area contributed by atoms with Crippen LogP contribution in [0.2, 0.25) is 0 Å². The fourth-order valence-corrected chi connectivity index (χ4v) is 9.78. The van der Waals surface area contributed by atoms with Crippen LogP contribution in [-0.4, -0.2) is 36.6 Å². The van der Waals surface area contributed by atoms with E-state index in [1.807, 2.05) is 24.3 Å². The normalized spacial score (nSPS) is 12.5. The van der Waals surface area contributed by atoms with Gasteiger partial charge in [-0.05, 0) is 103 Å². The molecular formula is C55H44Br2O4. The minimum atomic E-state index is -0.854. The van der Waals surface area contributed by atoms with Gasteiger partial charge < -0.3 is 19.7 Å². The number of fused-ring (bicyclic) bond motifs is 3. The van der Waals surface area contributed by atoms with E-state index in [1.54, 1.807) is 0 Å². The molecule has 8 aromatic carbocycles. The molecule has 0 aliphatic heterocycles. The number of aliphatic hydroxyl groups is 2. The van der Waals surface area contributed by atoms with Crippen molar-refractivity contribution in [1.29, 1.82) is 0 Å². The van der Waals surface area contributed by atoms with Crippen LogP contribution in [-0.2, 0) is 18.3 Å². The summed E-state index contributed by atoms with van der Waals surface area (Å²) >= 11 is 7.85. The second-order valence-electron chi connectivity index (χ2n) is 15.4. The van der Waals surface area contributed by atoms with E-state index < -0.39 is 5.41 Å². The maximum absolute atomic E-state index is 10.1. The first-order valence-corrected chi connectivity index (χ1v) is 22.2. The molecule has 9 rings (SSSR count). The average Bonchev–Trinajstić information content (AvgIpc) is 3.58. The average molecular weight is 929 g/mol. The Morgan fingerprint density at radius 3 is 1.16 bits per heavy atom. The minimum Gasteiger partial charge on any atom is -0.490 e. The molecule has 1 aliphatic carbocycles. The summed E-state index contributed by atoms with van der Waals surface area (Å²) in [5, 5.41) is 20.3. The van der Waals surface area contributed by atoms with Crippen molar-refractivity contribution in [1.82, 2.24) is 0 Å². The molecule has 0 amide bonds. The second kappa shape index (κ2) is 18.1. The summed E-state index contributed by atoms with van der Waals surface area (Å²) in [5.41, 5.74) is 14.2. The molecule has 0 saturated carbocycles. The van der Waals surface area contributed by atoms with E-state index in [9.17, 15) is 10.2 Å². The Labute approximate surface area is 374 Å². The molecule has 2 N–H and O–H groups in total. The number of halogens is 2. The van der Waals surface area contributed by atoms with Crippen molar-refractivity contribution < 1.29 is 19.7 Å². The summed E-state index contributed by atoms with van der Waals surface area (Å²) in [5.74, 6) is 1.51. The second-order valence-corrected chi connectivity index (χ2v) is 17.2. The predicted molar refractivity (Wildman–Crippen MR) is 254 cm³/mol. The van der Waals surface area contributed by atoms with Gasteiger partial charge in [-0.3, -0.25) is 0 Å².